The van der Waals surface area contributed by atoms with E-state index in [2.05, 4.69) is 5.32 Å². The molecule has 10 heteroatoms. The number of aliphatic carboxylic acids is 1. The number of carboxylic acids is 1. The summed E-state index contributed by atoms with van der Waals surface area (Å²) in [6.07, 6.45) is -0.728. The molecule has 1 saturated heterocycles. The average molecular weight is 512 g/mol. The number of amides is 3. The Morgan fingerprint density at radius 3 is 2.19 bits per heavy atom. The molecule has 1 atom stereocenters. The Balaban J connectivity index is 1.35. The van der Waals surface area contributed by atoms with Crippen LogP contribution in [0.3, 0.4) is 0 Å². The third-order valence-corrected chi connectivity index (χ3v) is 6.01. The number of carbonyl (C=O) groups is 4. The summed E-state index contributed by atoms with van der Waals surface area (Å²) in [5, 5.41) is 11.7. The van der Waals surface area contributed by atoms with Gasteiger partial charge in [0.05, 0.1) is 13.0 Å². The maximum Gasteiger partial charge on any atom is 0.408 e. The van der Waals surface area contributed by atoms with Crippen molar-refractivity contribution in [2.24, 2.45) is 0 Å². The number of nitrogens with zero attached hydrogens (tertiary/aromatic N) is 2. The average Bonchev–Trinajstić information content (AvgIpc) is 2.90. The fourth-order valence-corrected chi connectivity index (χ4v) is 3.92. The maximum atomic E-state index is 12.6. The summed E-state index contributed by atoms with van der Waals surface area (Å²) in [6, 6.07) is 15.4. The molecule has 0 aliphatic carbocycles. The maximum absolute atomic E-state index is 12.6. The molecule has 3 amide bonds. The molecule has 1 aliphatic rings. The third kappa shape index (κ3) is 9.14. The van der Waals surface area contributed by atoms with Crippen molar-refractivity contribution in [3.8, 4) is 5.75 Å². The quantitative estimate of drug-likeness (QED) is 0.475. The van der Waals surface area contributed by atoms with Crippen LogP contribution in [0.4, 0.5) is 4.79 Å². The zero-order chi connectivity index (χ0) is 26.6. The molecular weight excluding hydrogens is 478 g/mol. The van der Waals surface area contributed by atoms with Crippen LogP contribution < -0.4 is 10.1 Å². The van der Waals surface area contributed by atoms with E-state index in [0.29, 0.717) is 26.2 Å². The topological polar surface area (TPSA) is 125 Å². The van der Waals surface area contributed by atoms with E-state index in [0.717, 1.165) is 16.9 Å². The van der Waals surface area contributed by atoms with Gasteiger partial charge >= 0.3 is 12.1 Å². The Hall–Kier alpha value is -4.08. The summed E-state index contributed by atoms with van der Waals surface area (Å²) < 4.78 is 10.7. The lowest BCUT2D eigenvalue weighted by atomic mass is 10.1. The van der Waals surface area contributed by atoms with Gasteiger partial charge in [-0.05, 0) is 36.6 Å². The Labute approximate surface area is 216 Å². The van der Waals surface area contributed by atoms with Gasteiger partial charge in [0.15, 0.2) is 0 Å². The van der Waals surface area contributed by atoms with E-state index in [4.69, 9.17) is 9.47 Å². The number of rotatable bonds is 11. The van der Waals surface area contributed by atoms with Crippen LogP contribution in [0.2, 0.25) is 0 Å². The molecule has 1 heterocycles. The highest BCUT2D eigenvalue weighted by Gasteiger charge is 2.26. The van der Waals surface area contributed by atoms with Gasteiger partial charge in [-0.1, -0.05) is 42.5 Å². The van der Waals surface area contributed by atoms with E-state index < -0.39 is 18.1 Å². The number of carboxylic acid groups (broad SMARTS) is 1. The second-order valence-electron chi connectivity index (χ2n) is 8.81. The van der Waals surface area contributed by atoms with Crippen molar-refractivity contribution < 1.29 is 33.8 Å². The monoisotopic (exact) mass is 511 g/mol. The van der Waals surface area contributed by atoms with E-state index in [1.807, 2.05) is 37.3 Å². The number of hydrogen-bond acceptors (Lipinski definition) is 6. The molecule has 0 radical (unpaired) electrons. The lowest BCUT2D eigenvalue weighted by Crippen LogP contribution is -2.51. The molecule has 10 nitrogen and oxygen atoms in total. The third-order valence-electron chi connectivity index (χ3n) is 6.01. The first kappa shape index (κ1) is 27.5. The minimum atomic E-state index is -1.25. The van der Waals surface area contributed by atoms with E-state index in [9.17, 15) is 24.3 Å². The first-order valence-corrected chi connectivity index (χ1v) is 12.3. The van der Waals surface area contributed by atoms with Crippen molar-refractivity contribution >= 4 is 23.9 Å². The Bertz CT molecular complexity index is 1070. The largest absolute Gasteiger partial charge is 0.493 e. The number of ether oxygens (including phenoxy) is 2. The van der Waals surface area contributed by atoms with Crippen LogP contribution in [0.15, 0.2) is 54.6 Å². The second kappa shape index (κ2) is 13.9. The van der Waals surface area contributed by atoms with Gasteiger partial charge in [-0.25, -0.2) is 9.59 Å². The minimum absolute atomic E-state index is 0.0129. The van der Waals surface area contributed by atoms with Crippen LogP contribution in [-0.4, -0.2) is 77.6 Å². The molecule has 0 unspecified atom stereocenters. The minimum Gasteiger partial charge on any atom is -0.493 e. The van der Waals surface area contributed by atoms with E-state index in [1.165, 1.54) is 0 Å². The zero-order valence-corrected chi connectivity index (χ0v) is 20.9. The van der Waals surface area contributed by atoms with Crippen LogP contribution in [0.5, 0.6) is 5.75 Å². The molecule has 3 rings (SSSR count). The number of aryl methyl sites for hydroxylation is 1. The molecule has 0 aromatic heterocycles. The molecule has 1 aliphatic heterocycles. The van der Waals surface area contributed by atoms with Gasteiger partial charge in [0.1, 0.15) is 18.4 Å². The fourth-order valence-electron chi connectivity index (χ4n) is 3.92. The van der Waals surface area contributed by atoms with Crippen molar-refractivity contribution in [3.05, 3.63) is 65.7 Å². The highest BCUT2D eigenvalue weighted by atomic mass is 16.5. The molecular formula is C27H33N3O7. The Morgan fingerprint density at radius 2 is 1.57 bits per heavy atom. The highest BCUT2D eigenvalue weighted by Crippen LogP contribution is 2.13. The smallest absolute Gasteiger partial charge is 0.408 e. The Kier molecular flexibility index (Phi) is 10.3. The van der Waals surface area contributed by atoms with E-state index >= 15 is 0 Å². The summed E-state index contributed by atoms with van der Waals surface area (Å²) in [4.78, 5) is 52.0. The summed E-state index contributed by atoms with van der Waals surface area (Å²) in [5.74, 6) is -0.779. The van der Waals surface area contributed by atoms with Gasteiger partial charge in [0.2, 0.25) is 11.8 Å². The van der Waals surface area contributed by atoms with Crippen LogP contribution in [0.25, 0.3) is 0 Å². The van der Waals surface area contributed by atoms with E-state index in [-0.39, 0.29) is 44.3 Å². The number of hydrogen-bond donors (Lipinski definition) is 2. The van der Waals surface area contributed by atoms with Crippen molar-refractivity contribution in [1.29, 1.82) is 0 Å². The molecule has 37 heavy (non-hydrogen) atoms. The molecule has 0 saturated carbocycles. The van der Waals surface area contributed by atoms with Gasteiger partial charge in [-0.15, -0.1) is 0 Å². The van der Waals surface area contributed by atoms with Crippen molar-refractivity contribution in [2.75, 3.05) is 32.8 Å². The lowest BCUT2D eigenvalue weighted by Gasteiger charge is -2.35. The molecule has 2 N–H and O–H groups in total. The summed E-state index contributed by atoms with van der Waals surface area (Å²) in [7, 11) is 0. The van der Waals surface area contributed by atoms with Gasteiger partial charge in [-0.2, -0.15) is 0 Å². The van der Waals surface area contributed by atoms with Gasteiger partial charge in [0.25, 0.3) is 0 Å². The SMILES string of the molecule is Cc1cccc(OCCC(=O)N2CCN(C(=O)CC[C@H](NC(=O)OCc3ccccc3)C(=O)O)CC2)c1. The first-order chi connectivity index (χ1) is 17.8. The van der Waals surface area contributed by atoms with Crippen LogP contribution in [0, 0.1) is 6.92 Å². The van der Waals surface area contributed by atoms with Crippen LogP contribution in [0.1, 0.15) is 30.4 Å². The predicted molar refractivity (Wildman–Crippen MR) is 135 cm³/mol. The normalized spacial score (nSPS) is 14.0. The predicted octanol–water partition coefficient (Wildman–Crippen LogP) is 2.59. The molecule has 0 bridgehead atoms. The molecule has 2 aromatic carbocycles. The second-order valence-corrected chi connectivity index (χ2v) is 8.81. The summed E-state index contributed by atoms with van der Waals surface area (Å²) >= 11 is 0. The molecule has 198 valence electrons. The standard InChI is InChI=1S/C27H33N3O7/c1-20-6-5-9-22(18-20)36-17-12-25(32)30-15-13-29(14-16-30)24(31)11-10-23(26(33)34)28-27(35)37-19-21-7-3-2-4-8-21/h2-9,18,23H,10-17,19H2,1H3,(H,28,35)(H,33,34)/t23-/m0/s1. The number of carbonyl (C=O) groups excluding carboxylic acids is 3. The Morgan fingerprint density at radius 1 is 0.919 bits per heavy atom. The molecule has 0 spiro atoms. The van der Waals surface area contributed by atoms with Crippen LogP contribution >= 0.6 is 0 Å². The van der Waals surface area contributed by atoms with Crippen molar-refractivity contribution in [2.45, 2.75) is 38.8 Å². The summed E-state index contributed by atoms with van der Waals surface area (Å²) in [5.41, 5.74) is 1.86. The molecule has 1 fully saturated rings. The highest BCUT2D eigenvalue weighted by molar-refractivity contribution is 5.82. The van der Waals surface area contributed by atoms with Crippen LogP contribution in [-0.2, 0) is 25.7 Å². The zero-order valence-electron chi connectivity index (χ0n) is 20.9. The number of piperazine rings is 1. The van der Waals surface area contributed by atoms with E-state index in [1.54, 1.807) is 34.1 Å². The van der Waals surface area contributed by atoms with Gasteiger partial charge in [-0.3, -0.25) is 9.59 Å². The van der Waals surface area contributed by atoms with Gasteiger partial charge < -0.3 is 29.7 Å². The van der Waals surface area contributed by atoms with Crippen molar-refractivity contribution in [1.82, 2.24) is 15.1 Å². The number of nitrogens with one attached hydrogen (secondary N) is 1. The summed E-state index contributed by atoms with van der Waals surface area (Å²) in [6.45, 7) is 3.81. The fraction of sp³-hybridized carbons (Fsp3) is 0.407. The van der Waals surface area contributed by atoms with Crippen molar-refractivity contribution in [3.63, 3.8) is 0 Å². The molecule has 2 aromatic rings. The lowest BCUT2D eigenvalue weighted by molar-refractivity contribution is -0.141. The number of alkyl carbamates (subject to hydrolysis) is 1. The van der Waals surface area contributed by atoms with Gasteiger partial charge in [0, 0.05) is 32.6 Å². The number of benzene rings is 2. The first-order valence-electron chi connectivity index (χ1n) is 12.3.